The lowest BCUT2D eigenvalue weighted by molar-refractivity contribution is -0.137. The normalized spacial score (nSPS) is 11.6. The van der Waals surface area contributed by atoms with Gasteiger partial charge in [0.1, 0.15) is 0 Å². The zero-order chi connectivity index (χ0) is 15.7. The maximum absolute atomic E-state index is 12.6. The van der Waals surface area contributed by atoms with E-state index in [9.17, 15) is 13.2 Å². The van der Waals surface area contributed by atoms with Crippen molar-refractivity contribution in [3.05, 3.63) is 90.0 Å². The average Bonchev–Trinajstić information content (AvgIpc) is 2.53. The Balaban J connectivity index is 2.03. The largest absolute Gasteiger partial charge is 0.416 e. The lowest BCUT2D eigenvalue weighted by atomic mass is 9.94. The Hall–Kier alpha value is -2.55. The van der Waals surface area contributed by atoms with Crippen molar-refractivity contribution in [2.24, 2.45) is 0 Å². The van der Waals surface area contributed by atoms with Crippen molar-refractivity contribution in [2.75, 3.05) is 0 Å². The highest BCUT2D eigenvalue weighted by atomic mass is 19.4. The molecule has 0 saturated carbocycles. The first-order valence-electron chi connectivity index (χ1n) is 6.81. The standard InChI is InChI=1S/C19H13F3/c1-13(14-9-11-16(12-10-14)19(20,21)22)17-8-4-6-15-5-2-3-7-18(15)17/h2-12H,1H2. The molecule has 3 rings (SSSR count). The van der Waals surface area contributed by atoms with Crippen LogP contribution in [0, 0.1) is 0 Å². The SMILES string of the molecule is C=C(c1ccc(C(F)(F)F)cc1)c1cccc2ccccc12. The molecule has 0 spiro atoms. The molecule has 0 N–H and O–H groups in total. The predicted molar refractivity (Wildman–Crippen MR) is 83.5 cm³/mol. The summed E-state index contributed by atoms with van der Waals surface area (Å²) in [6.07, 6.45) is -4.32. The zero-order valence-corrected chi connectivity index (χ0v) is 11.7. The number of fused-ring (bicyclic) bond motifs is 1. The van der Waals surface area contributed by atoms with Crippen molar-refractivity contribution >= 4 is 16.3 Å². The fraction of sp³-hybridized carbons (Fsp3) is 0.0526. The molecule has 0 aliphatic heterocycles. The molecule has 3 aromatic carbocycles. The second-order valence-electron chi connectivity index (χ2n) is 5.08. The van der Waals surface area contributed by atoms with Crippen LogP contribution in [0.15, 0.2) is 73.3 Å². The molecule has 0 radical (unpaired) electrons. The third-order valence-electron chi connectivity index (χ3n) is 3.68. The minimum Gasteiger partial charge on any atom is -0.166 e. The number of benzene rings is 3. The molecule has 0 aliphatic carbocycles. The first-order chi connectivity index (χ1) is 10.5. The summed E-state index contributed by atoms with van der Waals surface area (Å²) in [5, 5.41) is 2.11. The third kappa shape index (κ3) is 2.62. The van der Waals surface area contributed by atoms with Crippen LogP contribution in [0.4, 0.5) is 13.2 Å². The Labute approximate surface area is 126 Å². The Kier molecular flexibility index (Phi) is 3.49. The summed E-state index contributed by atoms with van der Waals surface area (Å²) in [6.45, 7) is 4.06. The highest BCUT2D eigenvalue weighted by molar-refractivity contribution is 5.97. The predicted octanol–water partition coefficient (Wildman–Crippen LogP) is 5.92. The van der Waals surface area contributed by atoms with Crippen LogP contribution in [0.25, 0.3) is 16.3 Å². The molecule has 0 saturated heterocycles. The van der Waals surface area contributed by atoms with Gasteiger partial charge < -0.3 is 0 Å². The fourth-order valence-corrected chi connectivity index (χ4v) is 2.50. The number of rotatable bonds is 2. The number of hydrogen-bond donors (Lipinski definition) is 0. The first-order valence-corrected chi connectivity index (χ1v) is 6.81. The van der Waals surface area contributed by atoms with Crippen molar-refractivity contribution in [1.29, 1.82) is 0 Å². The van der Waals surface area contributed by atoms with Gasteiger partial charge in [0, 0.05) is 0 Å². The molecule has 0 heterocycles. The summed E-state index contributed by atoms with van der Waals surface area (Å²) in [5.41, 5.74) is 1.68. The highest BCUT2D eigenvalue weighted by Crippen LogP contribution is 2.32. The average molecular weight is 298 g/mol. The van der Waals surface area contributed by atoms with Crippen molar-refractivity contribution in [2.45, 2.75) is 6.18 Å². The van der Waals surface area contributed by atoms with E-state index in [0.717, 1.165) is 28.5 Å². The molecular formula is C19H13F3. The van der Waals surface area contributed by atoms with Crippen LogP contribution in [0.5, 0.6) is 0 Å². The van der Waals surface area contributed by atoms with E-state index in [0.29, 0.717) is 11.1 Å². The Morgan fingerprint density at radius 2 is 1.41 bits per heavy atom. The monoisotopic (exact) mass is 298 g/mol. The molecule has 0 nitrogen and oxygen atoms in total. The number of hydrogen-bond acceptors (Lipinski definition) is 0. The maximum Gasteiger partial charge on any atom is 0.416 e. The van der Waals surface area contributed by atoms with E-state index < -0.39 is 11.7 Å². The number of alkyl halides is 3. The van der Waals surface area contributed by atoms with Gasteiger partial charge in [-0.3, -0.25) is 0 Å². The van der Waals surface area contributed by atoms with E-state index in [2.05, 4.69) is 6.58 Å². The molecule has 0 amide bonds. The van der Waals surface area contributed by atoms with Crippen LogP contribution >= 0.6 is 0 Å². The highest BCUT2D eigenvalue weighted by Gasteiger charge is 2.30. The minimum absolute atomic E-state index is 0.651. The zero-order valence-electron chi connectivity index (χ0n) is 11.7. The van der Waals surface area contributed by atoms with Gasteiger partial charge in [-0.1, -0.05) is 61.2 Å². The topological polar surface area (TPSA) is 0 Å². The molecule has 3 heteroatoms. The number of halogens is 3. The van der Waals surface area contributed by atoms with Gasteiger partial charge in [-0.05, 0) is 39.6 Å². The lowest BCUT2D eigenvalue weighted by Crippen LogP contribution is -2.04. The summed E-state index contributed by atoms with van der Waals surface area (Å²) < 4.78 is 37.9. The molecule has 0 fully saturated rings. The van der Waals surface area contributed by atoms with Gasteiger partial charge >= 0.3 is 6.18 Å². The summed E-state index contributed by atoms with van der Waals surface area (Å²) in [7, 11) is 0. The second kappa shape index (κ2) is 5.34. The lowest BCUT2D eigenvalue weighted by Gasteiger charge is -2.12. The minimum atomic E-state index is -4.32. The second-order valence-corrected chi connectivity index (χ2v) is 5.08. The van der Waals surface area contributed by atoms with Crippen molar-refractivity contribution < 1.29 is 13.2 Å². The van der Waals surface area contributed by atoms with E-state index >= 15 is 0 Å². The molecular weight excluding hydrogens is 285 g/mol. The van der Waals surface area contributed by atoms with Crippen LogP contribution < -0.4 is 0 Å². The van der Waals surface area contributed by atoms with Crippen molar-refractivity contribution in [1.82, 2.24) is 0 Å². The van der Waals surface area contributed by atoms with E-state index in [1.54, 1.807) is 0 Å². The molecule has 0 aromatic heterocycles. The maximum atomic E-state index is 12.6. The molecule has 3 aromatic rings. The van der Waals surface area contributed by atoms with Crippen LogP contribution in [-0.4, -0.2) is 0 Å². The van der Waals surface area contributed by atoms with E-state index in [1.807, 2.05) is 42.5 Å². The summed E-state index contributed by atoms with van der Waals surface area (Å²) in [4.78, 5) is 0. The summed E-state index contributed by atoms with van der Waals surface area (Å²) in [5.74, 6) is 0. The first kappa shape index (κ1) is 14.4. The fourth-order valence-electron chi connectivity index (χ4n) is 2.50. The molecule has 0 atom stereocenters. The molecule has 0 unspecified atom stereocenters. The van der Waals surface area contributed by atoms with Crippen LogP contribution in [0.3, 0.4) is 0 Å². The van der Waals surface area contributed by atoms with Crippen molar-refractivity contribution in [3.63, 3.8) is 0 Å². The van der Waals surface area contributed by atoms with E-state index in [4.69, 9.17) is 0 Å². The summed E-state index contributed by atoms with van der Waals surface area (Å²) >= 11 is 0. The Bertz CT molecular complexity index is 822. The van der Waals surface area contributed by atoms with Gasteiger partial charge in [-0.25, -0.2) is 0 Å². The van der Waals surface area contributed by atoms with Crippen LogP contribution in [-0.2, 0) is 6.18 Å². The third-order valence-corrected chi connectivity index (χ3v) is 3.68. The van der Waals surface area contributed by atoms with Crippen molar-refractivity contribution in [3.8, 4) is 0 Å². The van der Waals surface area contributed by atoms with Gasteiger partial charge in [-0.15, -0.1) is 0 Å². The van der Waals surface area contributed by atoms with Crippen LogP contribution in [0.1, 0.15) is 16.7 Å². The quantitative estimate of drug-likeness (QED) is 0.551. The van der Waals surface area contributed by atoms with Gasteiger partial charge in [0.05, 0.1) is 5.56 Å². The Morgan fingerprint density at radius 1 is 0.773 bits per heavy atom. The molecule has 110 valence electrons. The van der Waals surface area contributed by atoms with Gasteiger partial charge in [0.2, 0.25) is 0 Å². The van der Waals surface area contributed by atoms with Crippen LogP contribution in [0.2, 0.25) is 0 Å². The molecule has 0 bridgehead atoms. The smallest absolute Gasteiger partial charge is 0.166 e. The molecule has 22 heavy (non-hydrogen) atoms. The van der Waals surface area contributed by atoms with E-state index in [1.165, 1.54) is 12.1 Å². The van der Waals surface area contributed by atoms with E-state index in [-0.39, 0.29) is 0 Å². The summed E-state index contributed by atoms with van der Waals surface area (Å²) in [6, 6.07) is 18.8. The Morgan fingerprint density at radius 3 is 2.09 bits per heavy atom. The van der Waals surface area contributed by atoms with Gasteiger partial charge in [0.15, 0.2) is 0 Å². The molecule has 0 aliphatic rings. The van der Waals surface area contributed by atoms with Gasteiger partial charge in [0.25, 0.3) is 0 Å². The van der Waals surface area contributed by atoms with Gasteiger partial charge in [-0.2, -0.15) is 13.2 Å².